The van der Waals surface area contributed by atoms with Crippen LogP contribution in [0.15, 0.2) is 9.98 Å². The third kappa shape index (κ3) is 11.1. The van der Waals surface area contributed by atoms with Crippen molar-refractivity contribution in [2.24, 2.45) is 27.4 Å². The molecule has 0 saturated carbocycles. The second kappa shape index (κ2) is 12.5. The van der Waals surface area contributed by atoms with E-state index in [2.05, 4.69) is 28.4 Å². The number of phosphoric acid groups is 3. The molecule has 1 saturated heterocycles. The smallest absolute Gasteiger partial charge is 0.390 e. The quantitative estimate of drug-likeness (QED) is 0.0458. The molecule has 17 nitrogen and oxygen atoms in total. The van der Waals surface area contributed by atoms with Crippen LogP contribution in [0, 0.1) is 5.92 Å². The fraction of sp³-hybridized carbons (Fsp3) is 0.818. The Balaban J connectivity index is 2.72. The van der Waals surface area contributed by atoms with Crippen molar-refractivity contribution in [1.29, 1.82) is 0 Å². The van der Waals surface area contributed by atoms with Crippen LogP contribution in [0.3, 0.4) is 0 Å². The highest BCUT2D eigenvalue weighted by Crippen LogP contribution is 2.66. The molecule has 1 aliphatic rings. The molecule has 0 aliphatic carbocycles. The van der Waals surface area contributed by atoms with Gasteiger partial charge < -0.3 is 40.7 Å². The first-order chi connectivity index (χ1) is 14.3. The SMILES string of the molecule is CN=CN(CNCN=CN)C1CC(CN)C(COP(=O)(O)OP(=O)(O)OP(=O)(O)O)O1. The van der Waals surface area contributed by atoms with E-state index in [1.165, 1.54) is 6.34 Å². The van der Waals surface area contributed by atoms with Crippen molar-refractivity contribution in [3.63, 3.8) is 0 Å². The van der Waals surface area contributed by atoms with E-state index < -0.39 is 42.4 Å². The van der Waals surface area contributed by atoms with E-state index in [0.29, 0.717) is 6.42 Å². The van der Waals surface area contributed by atoms with Gasteiger partial charge in [-0.1, -0.05) is 0 Å². The normalized spacial score (nSPS) is 26.3. The number of phosphoric ester groups is 1. The number of nitrogens with zero attached hydrogens (tertiary/aromatic N) is 3. The van der Waals surface area contributed by atoms with Gasteiger partial charge in [-0.15, -0.1) is 0 Å². The van der Waals surface area contributed by atoms with Crippen molar-refractivity contribution in [3.8, 4) is 0 Å². The van der Waals surface area contributed by atoms with Gasteiger partial charge in [-0.3, -0.25) is 19.8 Å². The van der Waals surface area contributed by atoms with Gasteiger partial charge in [0.1, 0.15) is 6.23 Å². The molecule has 5 atom stereocenters. The third-order valence-electron chi connectivity index (χ3n) is 3.72. The number of aliphatic imine (C=N–C) groups is 2. The zero-order chi connectivity index (χ0) is 23.7. The van der Waals surface area contributed by atoms with Crippen molar-refractivity contribution in [3.05, 3.63) is 0 Å². The minimum absolute atomic E-state index is 0.128. The van der Waals surface area contributed by atoms with Crippen molar-refractivity contribution >= 4 is 36.1 Å². The molecule has 9 N–H and O–H groups in total. The Morgan fingerprint density at radius 3 is 2.45 bits per heavy atom. The van der Waals surface area contributed by atoms with Crippen LogP contribution in [0.25, 0.3) is 0 Å². The van der Waals surface area contributed by atoms with E-state index in [9.17, 15) is 23.5 Å². The van der Waals surface area contributed by atoms with Crippen LogP contribution >= 0.6 is 23.5 Å². The van der Waals surface area contributed by atoms with Crippen LogP contribution in [0.1, 0.15) is 6.42 Å². The van der Waals surface area contributed by atoms with Gasteiger partial charge >= 0.3 is 23.5 Å². The maximum Gasteiger partial charge on any atom is 0.490 e. The van der Waals surface area contributed by atoms with Gasteiger partial charge in [-0.2, -0.15) is 8.62 Å². The van der Waals surface area contributed by atoms with E-state index in [-0.39, 0.29) is 25.8 Å². The fourth-order valence-corrected chi connectivity index (χ4v) is 5.58. The molecule has 1 fully saturated rings. The molecular weight excluding hydrogens is 485 g/mol. The van der Waals surface area contributed by atoms with Crippen molar-refractivity contribution < 1.29 is 51.2 Å². The third-order valence-corrected chi connectivity index (χ3v) is 7.52. The van der Waals surface area contributed by atoms with Crippen LogP contribution in [0.2, 0.25) is 0 Å². The topological polar surface area (TPSA) is 261 Å². The molecule has 0 spiro atoms. The summed E-state index contributed by atoms with van der Waals surface area (Å²) in [7, 11) is -14.8. The fourth-order valence-electron chi connectivity index (χ4n) is 2.55. The van der Waals surface area contributed by atoms with Crippen molar-refractivity contribution in [1.82, 2.24) is 10.2 Å². The van der Waals surface area contributed by atoms with E-state index in [4.69, 9.17) is 26.0 Å². The summed E-state index contributed by atoms with van der Waals surface area (Å²) in [6.45, 7) is 0.0687. The summed E-state index contributed by atoms with van der Waals surface area (Å²) in [5.41, 5.74) is 10.9. The average Bonchev–Trinajstić information content (AvgIpc) is 3.03. The average molecular weight is 512 g/mol. The molecule has 5 unspecified atom stereocenters. The largest absolute Gasteiger partial charge is 0.490 e. The highest BCUT2D eigenvalue weighted by atomic mass is 31.3. The van der Waals surface area contributed by atoms with E-state index >= 15 is 0 Å². The zero-order valence-electron chi connectivity index (χ0n) is 16.4. The van der Waals surface area contributed by atoms with Gasteiger partial charge in [0, 0.05) is 13.0 Å². The number of ether oxygens (including phenoxy) is 1. The lowest BCUT2D eigenvalue weighted by Gasteiger charge is -2.26. The molecule has 1 aliphatic heterocycles. The van der Waals surface area contributed by atoms with Crippen LogP contribution in [0.5, 0.6) is 0 Å². The summed E-state index contributed by atoms with van der Waals surface area (Å²) >= 11 is 0. The lowest BCUT2D eigenvalue weighted by Crippen LogP contribution is -2.41. The summed E-state index contributed by atoms with van der Waals surface area (Å²) in [5.74, 6) is -0.327. The number of nitrogens with one attached hydrogen (secondary N) is 1. The van der Waals surface area contributed by atoms with Crippen molar-refractivity contribution in [2.45, 2.75) is 18.8 Å². The van der Waals surface area contributed by atoms with Gasteiger partial charge in [-0.05, 0) is 13.0 Å². The molecule has 0 aromatic rings. The van der Waals surface area contributed by atoms with Gasteiger partial charge in [-0.25, -0.2) is 13.7 Å². The number of rotatable bonds is 14. The van der Waals surface area contributed by atoms with Crippen LogP contribution < -0.4 is 16.8 Å². The minimum Gasteiger partial charge on any atom is -0.390 e. The molecule has 31 heavy (non-hydrogen) atoms. The molecule has 0 amide bonds. The second-order valence-corrected chi connectivity index (χ2v) is 10.5. The van der Waals surface area contributed by atoms with Gasteiger partial charge in [0.25, 0.3) is 0 Å². The zero-order valence-corrected chi connectivity index (χ0v) is 19.1. The maximum atomic E-state index is 11.9. The second-order valence-electron chi connectivity index (χ2n) is 6.03. The molecule has 0 aromatic carbocycles. The molecule has 0 bridgehead atoms. The molecule has 1 rings (SSSR count). The molecule has 182 valence electrons. The Kier molecular flexibility index (Phi) is 11.4. The minimum atomic E-state index is -5.60. The Morgan fingerprint density at radius 2 is 1.90 bits per heavy atom. The highest BCUT2D eigenvalue weighted by Gasteiger charge is 2.43. The molecule has 0 aromatic heterocycles. The summed E-state index contributed by atoms with van der Waals surface area (Å²) < 4.78 is 51.7. The Labute approximate surface area is 177 Å². The number of nitrogens with two attached hydrogens (primary N) is 2. The molecule has 1 heterocycles. The highest BCUT2D eigenvalue weighted by molar-refractivity contribution is 7.66. The molecule has 20 heteroatoms. The van der Waals surface area contributed by atoms with E-state index in [0.717, 1.165) is 6.34 Å². The molecule has 0 radical (unpaired) electrons. The van der Waals surface area contributed by atoms with E-state index in [1.807, 2.05) is 0 Å². The van der Waals surface area contributed by atoms with Gasteiger partial charge in [0.15, 0.2) is 0 Å². The standard InChI is InChI=1S/C11H27N6O11P3/c1-14-7-17(8-16-6-15-5-13)11-2-9(3-12)10(26-11)4-25-30(21,22)28-31(23,24)27-29(18,19)20/h5,7,9-11,16H,2-4,6,8,12H2,1H3,(H2,13,15)(H,21,22)(H,23,24)(H2,18,19,20). The lowest BCUT2D eigenvalue weighted by molar-refractivity contribution is -0.0470. The van der Waals surface area contributed by atoms with Crippen LogP contribution in [-0.4, -0.2) is 83.0 Å². The monoisotopic (exact) mass is 512 g/mol. The first-order valence-electron chi connectivity index (χ1n) is 8.55. The molecular formula is C11H27N6O11P3. The summed E-state index contributed by atoms with van der Waals surface area (Å²) in [4.78, 5) is 45.2. The Morgan fingerprint density at radius 1 is 1.23 bits per heavy atom. The van der Waals surface area contributed by atoms with Gasteiger partial charge in [0.05, 0.1) is 38.7 Å². The first-order valence-corrected chi connectivity index (χ1v) is 13.1. The first kappa shape index (κ1) is 28.3. The lowest BCUT2D eigenvalue weighted by atomic mass is 10.0. The maximum absolute atomic E-state index is 11.9. The summed E-state index contributed by atoms with van der Waals surface area (Å²) in [6.07, 6.45) is 1.69. The Hall–Kier alpha value is -0.770. The van der Waals surface area contributed by atoms with Crippen LogP contribution in [0.4, 0.5) is 0 Å². The predicted octanol–water partition coefficient (Wildman–Crippen LogP) is -1.53. The summed E-state index contributed by atoms with van der Waals surface area (Å²) in [5, 5.41) is 2.97. The number of hydrogen-bond acceptors (Lipinski definition) is 11. The van der Waals surface area contributed by atoms with Crippen LogP contribution in [-0.2, 0) is 31.6 Å². The van der Waals surface area contributed by atoms with Crippen molar-refractivity contribution in [2.75, 3.05) is 33.5 Å². The Bertz CT molecular complexity index is 764. The van der Waals surface area contributed by atoms with E-state index in [1.54, 1.807) is 11.9 Å². The summed E-state index contributed by atoms with van der Waals surface area (Å²) in [6, 6.07) is 0. The van der Waals surface area contributed by atoms with Gasteiger partial charge in [0.2, 0.25) is 0 Å². The number of hydrogen-bond donors (Lipinski definition) is 7. The predicted molar refractivity (Wildman–Crippen MR) is 107 cm³/mol.